The fourth-order valence-corrected chi connectivity index (χ4v) is 2.14. The van der Waals surface area contributed by atoms with E-state index >= 15 is 0 Å². The number of nitrogens with zero attached hydrogens (tertiary/aromatic N) is 2. The van der Waals surface area contributed by atoms with E-state index in [1.807, 2.05) is 42.9 Å². The summed E-state index contributed by atoms with van der Waals surface area (Å²) in [6.45, 7) is 4.49. The predicted octanol–water partition coefficient (Wildman–Crippen LogP) is 3.00. The first-order chi connectivity index (χ1) is 9.65. The van der Waals surface area contributed by atoms with Crippen LogP contribution in [0.1, 0.15) is 43.3 Å². The van der Waals surface area contributed by atoms with Crippen molar-refractivity contribution in [3.8, 4) is 5.75 Å². The highest BCUT2D eigenvalue weighted by molar-refractivity contribution is 5.35. The number of aliphatic hydroxyl groups is 1. The highest BCUT2D eigenvalue weighted by atomic mass is 16.5. The highest BCUT2D eigenvalue weighted by Gasteiger charge is 2.12. The number of hydrogen-bond acceptors (Lipinski definition) is 3. The average molecular weight is 274 g/mol. The van der Waals surface area contributed by atoms with Crippen LogP contribution in [0.15, 0.2) is 30.3 Å². The van der Waals surface area contributed by atoms with E-state index in [0.29, 0.717) is 13.0 Å². The van der Waals surface area contributed by atoms with E-state index in [2.05, 4.69) is 18.1 Å². The lowest BCUT2D eigenvalue weighted by Gasteiger charge is -2.14. The summed E-state index contributed by atoms with van der Waals surface area (Å²) in [6.07, 6.45) is 1.11. The number of rotatable bonds is 6. The molecule has 0 amide bonds. The normalized spacial score (nSPS) is 12.4. The summed E-state index contributed by atoms with van der Waals surface area (Å²) in [6, 6.07) is 9.69. The zero-order valence-corrected chi connectivity index (χ0v) is 12.3. The van der Waals surface area contributed by atoms with Gasteiger partial charge in [-0.3, -0.25) is 4.68 Å². The Morgan fingerprint density at radius 3 is 2.70 bits per heavy atom. The Bertz CT molecular complexity index is 563. The largest absolute Gasteiger partial charge is 0.487 e. The minimum absolute atomic E-state index is 0.455. The molecule has 0 radical (unpaired) electrons. The molecule has 0 fully saturated rings. The van der Waals surface area contributed by atoms with Gasteiger partial charge in [-0.25, -0.2) is 0 Å². The molecule has 1 unspecified atom stereocenters. The van der Waals surface area contributed by atoms with Crippen LogP contribution in [0.2, 0.25) is 0 Å². The molecule has 1 atom stereocenters. The van der Waals surface area contributed by atoms with E-state index in [9.17, 15) is 5.11 Å². The summed E-state index contributed by atoms with van der Waals surface area (Å²) in [5.74, 6) is 0.737. The molecule has 20 heavy (non-hydrogen) atoms. The topological polar surface area (TPSA) is 47.3 Å². The molecular formula is C16H22N2O2. The molecule has 0 saturated carbocycles. The van der Waals surface area contributed by atoms with Crippen molar-refractivity contribution in [2.45, 2.75) is 39.4 Å². The van der Waals surface area contributed by atoms with Gasteiger partial charge in [0.25, 0.3) is 0 Å². The van der Waals surface area contributed by atoms with Crippen LogP contribution < -0.4 is 4.74 Å². The molecule has 2 aromatic rings. The number of ether oxygens (including phenoxy) is 1. The highest BCUT2D eigenvalue weighted by Crippen LogP contribution is 2.27. The van der Waals surface area contributed by atoms with Gasteiger partial charge in [-0.15, -0.1) is 0 Å². The first-order valence-corrected chi connectivity index (χ1v) is 7.07. The molecule has 0 aliphatic carbocycles. The van der Waals surface area contributed by atoms with Gasteiger partial charge in [-0.1, -0.05) is 32.0 Å². The SMILES string of the molecule is CCc1cc(COc2ccccc2C(O)CC)n(C)n1. The smallest absolute Gasteiger partial charge is 0.130 e. The summed E-state index contributed by atoms with van der Waals surface area (Å²) >= 11 is 0. The van der Waals surface area contributed by atoms with Gasteiger partial charge < -0.3 is 9.84 Å². The van der Waals surface area contributed by atoms with Crippen molar-refractivity contribution in [1.82, 2.24) is 9.78 Å². The molecular weight excluding hydrogens is 252 g/mol. The zero-order valence-electron chi connectivity index (χ0n) is 12.3. The molecule has 0 saturated heterocycles. The maximum Gasteiger partial charge on any atom is 0.130 e. The Morgan fingerprint density at radius 1 is 1.30 bits per heavy atom. The Kier molecular flexibility index (Phi) is 4.79. The quantitative estimate of drug-likeness (QED) is 0.881. The predicted molar refractivity (Wildman–Crippen MR) is 78.6 cm³/mol. The number of aryl methyl sites for hydroxylation is 2. The van der Waals surface area contributed by atoms with Gasteiger partial charge in [-0.2, -0.15) is 5.10 Å². The molecule has 1 aromatic carbocycles. The zero-order chi connectivity index (χ0) is 14.5. The van der Waals surface area contributed by atoms with Crippen molar-refractivity contribution in [2.24, 2.45) is 7.05 Å². The van der Waals surface area contributed by atoms with Crippen LogP contribution in [0, 0.1) is 0 Å². The van der Waals surface area contributed by atoms with Crippen LogP contribution in [0.3, 0.4) is 0 Å². The molecule has 2 rings (SSSR count). The first-order valence-electron chi connectivity index (χ1n) is 7.07. The van der Waals surface area contributed by atoms with Crippen molar-refractivity contribution >= 4 is 0 Å². The lowest BCUT2D eigenvalue weighted by molar-refractivity contribution is 0.166. The fourth-order valence-electron chi connectivity index (χ4n) is 2.14. The van der Waals surface area contributed by atoms with Gasteiger partial charge >= 0.3 is 0 Å². The van der Waals surface area contributed by atoms with Crippen LogP contribution >= 0.6 is 0 Å². The number of para-hydroxylation sites is 1. The minimum atomic E-state index is -0.482. The van der Waals surface area contributed by atoms with Crippen molar-refractivity contribution in [1.29, 1.82) is 0 Å². The van der Waals surface area contributed by atoms with Crippen LogP contribution in [0.4, 0.5) is 0 Å². The number of hydrogen-bond donors (Lipinski definition) is 1. The van der Waals surface area contributed by atoms with Gasteiger partial charge in [-0.05, 0) is 25.0 Å². The molecule has 0 aliphatic heterocycles. The Hall–Kier alpha value is -1.81. The van der Waals surface area contributed by atoms with Gasteiger partial charge in [0.1, 0.15) is 12.4 Å². The fraction of sp³-hybridized carbons (Fsp3) is 0.438. The Morgan fingerprint density at radius 2 is 2.05 bits per heavy atom. The average Bonchev–Trinajstić information content (AvgIpc) is 2.85. The van der Waals surface area contributed by atoms with Crippen LogP contribution in [-0.2, 0) is 20.1 Å². The molecule has 4 heteroatoms. The van der Waals surface area contributed by atoms with Gasteiger partial charge in [0, 0.05) is 12.6 Å². The second-order valence-electron chi connectivity index (χ2n) is 4.85. The summed E-state index contributed by atoms with van der Waals surface area (Å²) in [5.41, 5.74) is 2.93. The van der Waals surface area contributed by atoms with Crippen molar-refractivity contribution < 1.29 is 9.84 Å². The first kappa shape index (κ1) is 14.6. The molecule has 1 heterocycles. The lowest BCUT2D eigenvalue weighted by Crippen LogP contribution is -2.05. The second kappa shape index (κ2) is 6.57. The number of aliphatic hydroxyl groups excluding tert-OH is 1. The maximum absolute atomic E-state index is 10.0. The lowest BCUT2D eigenvalue weighted by atomic mass is 10.1. The van der Waals surface area contributed by atoms with Gasteiger partial charge in [0.2, 0.25) is 0 Å². The third-order valence-electron chi connectivity index (χ3n) is 3.43. The molecule has 0 aliphatic rings. The maximum atomic E-state index is 10.0. The Balaban J connectivity index is 2.12. The molecule has 1 N–H and O–H groups in total. The third-order valence-corrected chi connectivity index (χ3v) is 3.43. The number of benzene rings is 1. The monoisotopic (exact) mass is 274 g/mol. The molecule has 0 bridgehead atoms. The van der Waals surface area contributed by atoms with E-state index in [1.54, 1.807) is 0 Å². The van der Waals surface area contributed by atoms with Gasteiger partial charge in [0.05, 0.1) is 17.5 Å². The summed E-state index contributed by atoms with van der Waals surface area (Å²) in [4.78, 5) is 0. The van der Waals surface area contributed by atoms with Crippen molar-refractivity contribution in [2.75, 3.05) is 0 Å². The van der Waals surface area contributed by atoms with Crippen LogP contribution in [-0.4, -0.2) is 14.9 Å². The van der Waals surface area contributed by atoms with E-state index in [1.165, 1.54) is 0 Å². The minimum Gasteiger partial charge on any atom is -0.487 e. The van der Waals surface area contributed by atoms with E-state index < -0.39 is 6.10 Å². The van der Waals surface area contributed by atoms with Crippen LogP contribution in [0.25, 0.3) is 0 Å². The van der Waals surface area contributed by atoms with Crippen molar-refractivity contribution in [3.05, 3.63) is 47.3 Å². The van der Waals surface area contributed by atoms with Crippen molar-refractivity contribution in [3.63, 3.8) is 0 Å². The molecule has 1 aromatic heterocycles. The van der Waals surface area contributed by atoms with Gasteiger partial charge in [0.15, 0.2) is 0 Å². The van der Waals surface area contributed by atoms with E-state index in [-0.39, 0.29) is 0 Å². The Labute approximate surface area is 120 Å². The van der Waals surface area contributed by atoms with Crippen LogP contribution in [0.5, 0.6) is 5.75 Å². The summed E-state index contributed by atoms with van der Waals surface area (Å²) in [5, 5.41) is 14.4. The summed E-state index contributed by atoms with van der Waals surface area (Å²) < 4.78 is 7.71. The summed E-state index contributed by atoms with van der Waals surface area (Å²) in [7, 11) is 1.92. The third kappa shape index (κ3) is 3.20. The molecule has 0 spiro atoms. The van der Waals surface area contributed by atoms with E-state index in [0.717, 1.165) is 29.1 Å². The second-order valence-corrected chi connectivity index (χ2v) is 4.85. The standard InChI is InChI=1S/C16H22N2O2/c1-4-12-10-13(18(3)17-12)11-20-16-9-7-6-8-14(16)15(19)5-2/h6-10,15,19H,4-5,11H2,1-3H3. The number of aromatic nitrogens is 2. The molecule has 108 valence electrons. The molecule has 4 nitrogen and oxygen atoms in total. The van der Waals surface area contributed by atoms with E-state index in [4.69, 9.17) is 4.74 Å².